The van der Waals surface area contributed by atoms with E-state index in [1.54, 1.807) is 12.1 Å². The van der Waals surface area contributed by atoms with Gasteiger partial charge in [0, 0.05) is 19.8 Å². The molecule has 72 valence electrons. The van der Waals surface area contributed by atoms with Crippen LogP contribution in [0.3, 0.4) is 0 Å². The number of benzene rings is 1. The van der Waals surface area contributed by atoms with Gasteiger partial charge in [-0.2, -0.15) is 0 Å². The molecule has 1 rings (SSSR count). The average molecular weight is 205 g/mol. The second-order valence-corrected chi connectivity index (χ2v) is 3.37. The first-order valence-corrected chi connectivity index (χ1v) is 4.50. The lowest BCUT2D eigenvalue weighted by Gasteiger charge is -2.15. The minimum Gasteiger partial charge on any atom is -0.355 e. The quantitative estimate of drug-likeness (QED) is 0.561. The summed E-state index contributed by atoms with van der Waals surface area (Å²) in [6.45, 7) is 6.79. The zero-order valence-corrected chi connectivity index (χ0v) is 8.93. The summed E-state index contributed by atoms with van der Waals surface area (Å²) in [6.07, 6.45) is 0. The van der Waals surface area contributed by atoms with Crippen molar-refractivity contribution in [3.05, 3.63) is 35.7 Å². The van der Waals surface area contributed by atoms with Crippen LogP contribution in [0.1, 0.15) is 0 Å². The third-order valence-electron chi connectivity index (χ3n) is 1.65. The minimum absolute atomic E-state index is 0.631. The summed E-state index contributed by atoms with van der Waals surface area (Å²) < 4.78 is 0. The van der Waals surface area contributed by atoms with Crippen LogP contribution >= 0.6 is 12.2 Å². The molecule has 0 saturated heterocycles. The fourth-order valence-electron chi connectivity index (χ4n) is 0.855. The Morgan fingerprint density at radius 2 is 1.93 bits per heavy atom. The van der Waals surface area contributed by atoms with Gasteiger partial charge in [0.25, 0.3) is 0 Å². The van der Waals surface area contributed by atoms with Gasteiger partial charge in [0.1, 0.15) is 0 Å². The van der Waals surface area contributed by atoms with Gasteiger partial charge in [-0.3, -0.25) is 0 Å². The van der Waals surface area contributed by atoms with Gasteiger partial charge in [0.05, 0.1) is 6.57 Å². The van der Waals surface area contributed by atoms with Crippen molar-refractivity contribution in [3.8, 4) is 0 Å². The lowest BCUT2D eigenvalue weighted by molar-refractivity contribution is 0.634. The first-order chi connectivity index (χ1) is 6.63. The highest BCUT2D eigenvalue weighted by Gasteiger charge is 1.98. The van der Waals surface area contributed by atoms with E-state index in [1.165, 1.54) is 0 Å². The number of hydrogen-bond acceptors (Lipinski definition) is 1. The molecule has 0 amide bonds. The molecule has 0 bridgehead atoms. The van der Waals surface area contributed by atoms with Crippen molar-refractivity contribution in [2.45, 2.75) is 0 Å². The smallest absolute Gasteiger partial charge is 0.187 e. The van der Waals surface area contributed by atoms with Gasteiger partial charge >= 0.3 is 0 Å². The van der Waals surface area contributed by atoms with Crippen molar-refractivity contribution in [1.29, 1.82) is 0 Å². The molecule has 0 unspecified atom stereocenters. The van der Waals surface area contributed by atoms with Crippen LogP contribution in [0.25, 0.3) is 4.85 Å². The van der Waals surface area contributed by atoms with Crippen molar-refractivity contribution in [2.24, 2.45) is 0 Å². The normalized spacial score (nSPS) is 8.93. The highest BCUT2D eigenvalue weighted by atomic mass is 32.1. The maximum absolute atomic E-state index is 6.79. The molecule has 0 aromatic heterocycles. The summed E-state index contributed by atoms with van der Waals surface area (Å²) in [7, 11) is 3.76. The predicted octanol–water partition coefficient (Wildman–Crippen LogP) is 2.50. The van der Waals surface area contributed by atoms with Crippen LogP contribution in [-0.2, 0) is 0 Å². The summed E-state index contributed by atoms with van der Waals surface area (Å²) in [4.78, 5) is 5.12. The molecule has 0 saturated carbocycles. The van der Waals surface area contributed by atoms with Crippen molar-refractivity contribution >= 4 is 28.7 Å². The van der Waals surface area contributed by atoms with E-state index in [2.05, 4.69) is 10.2 Å². The third-order valence-corrected chi connectivity index (χ3v) is 2.12. The van der Waals surface area contributed by atoms with E-state index in [-0.39, 0.29) is 0 Å². The summed E-state index contributed by atoms with van der Waals surface area (Å²) in [6, 6.07) is 7.19. The Morgan fingerprint density at radius 1 is 1.36 bits per heavy atom. The highest BCUT2D eigenvalue weighted by Crippen LogP contribution is 2.15. The Labute approximate surface area is 89.2 Å². The third kappa shape index (κ3) is 2.71. The molecule has 0 heterocycles. The van der Waals surface area contributed by atoms with Crippen molar-refractivity contribution in [1.82, 2.24) is 4.90 Å². The van der Waals surface area contributed by atoms with Crippen LogP contribution in [0.2, 0.25) is 0 Å². The van der Waals surface area contributed by atoms with E-state index in [9.17, 15) is 0 Å². The number of nitrogens with zero attached hydrogens (tertiary/aromatic N) is 2. The number of thiocarbonyl (C=S) groups is 1. The molecule has 0 atom stereocenters. The summed E-state index contributed by atoms with van der Waals surface area (Å²) in [5, 5.41) is 3.70. The summed E-state index contributed by atoms with van der Waals surface area (Å²) in [5.41, 5.74) is 1.53. The van der Waals surface area contributed by atoms with E-state index >= 15 is 0 Å². The van der Waals surface area contributed by atoms with Crippen LogP contribution in [0.4, 0.5) is 11.4 Å². The Bertz CT molecular complexity index is 362. The molecule has 4 heteroatoms. The molecule has 1 aromatic carbocycles. The maximum Gasteiger partial charge on any atom is 0.187 e. The van der Waals surface area contributed by atoms with E-state index in [1.807, 2.05) is 31.1 Å². The monoisotopic (exact) mass is 205 g/mol. The molecule has 1 N–H and O–H groups in total. The second-order valence-electron chi connectivity index (χ2n) is 2.98. The van der Waals surface area contributed by atoms with Gasteiger partial charge in [-0.05, 0) is 24.4 Å². The van der Waals surface area contributed by atoms with Crippen molar-refractivity contribution in [2.75, 3.05) is 19.4 Å². The number of rotatable bonds is 1. The molecule has 0 aliphatic carbocycles. The van der Waals surface area contributed by atoms with Crippen molar-refractivity contribution < 1.29 is 0 Å². The van der Waals surface area contributed by atoms with E-state index in [0.29, 0.717) is 10.8 Å². The van der Waals surface area contributed by atoms with Gasteiger partial charge < -0.3 is 10.2 Å². The highest BCUT2D eigenvalue weighted by molar-refractivity contribution is 7.80. The molecular weight excluding hydrogens is 194 g/mol. The van der Waals surface area contributed by atoms with Gasteiger partial charge in [-0.25, -0.2) is 4.85 Å². The summed E-state index contributed by atoms with van der Waals surface area (Å²) >= 11 is 5.08. The van der Waals surface area contributed by atoms with Crippen LogP contribution in [0.15, 0.2) is 24.3 Å². The van der Waals surface area contributed by atoms with E-state index < -0.39 is 0 Å². The van der Waals surface area contributed by atoms with Gasteiger partial charge in [0.15, 0.2) is 10.8 Å². The van der Waals surface area contributed by atoms with Crippen LogP contribution in [0.5, 0.6) is 0 Å². The molecule has 14 heavy (non-hydrogen) atoms. The fraction of sp³-hybridized carbons (Fsp3) is 0.200. The molecule has 0 spiro atoms. The minimum atomic E-state index is 0.631. The molecule has 0 aliphatic rings. The van der Waals surface area contributed by atoms with Gasteiger partial charge in [-0.1, -0.05) is 12.1 Å². The first-order valence-electron chi connectivity index (χ1n) is 4.09. The Hall–Kier alpha value is -1.60. The van der Waals surface area contributed by atoms with Gasteiger partial charge in [0.2, 0.25) is 0 Å². The van der Waals surface area contributed by atoms with E-state index in [0.717, 1.165) is 5.69 Å². The van der Waals surface area contributed by atoms with Crippen molar-refractivity contribution in [3.63, 3.8) is 0 Å². The number of hydrogen-bond donors (Lipinski definition) is 1. The molecule has 3 nitrogen and oxygen atoms in total. The molecule has 0 aliphatic heterocycles. The SMILES string of the molecule is [C-]#[N+]c1ccc(NC(=S)N(C)C)cc1. The summed E-state index contributed by atoms with van der Waals surface area (Å²) in [5.74, 6) is 0. The van der Waals surface area contributed by atoms with E-state index in [4.69, 9.17) is 18.8 Å². The number of nitrogens with one attached hydrogen (secondary N) is 1. The predicted molar refractivity (Wildman–Crippen MR) is 62.6 cm³/mol. The van der Waals surface area contributed by atoms with Crippen LogP contribution in [0, 0.1) is 6.57 Å². The van der Waals surface area contributed by atoms with Crippen LogP contribution in [-0.4, -0.2) is 24.1 Å². The standard InChI is InChI=1S/C10H11N3S/c1-11-8-4-6-9(7-5-8)12-10(14)13(2)3/h4-7H,2-3H3,(H,12,14). The lowest BCUT2D eigenvalue weighted by atomic mass is 10.3. The molecule has 0 fully saturated rings. The lowest BCUT2D eigenvalue weighted by Crippen LogP contribution is -2.26. The number of anilines is 1. The van der Waals surface area contributed by atoms with Gasteiger partial charge in [-0.15, -0.1) is 0 Å². The largest absolute Gasteiger partial charge is 0.355 e. The molecule has 1 aromatic rings. The van der Waals surface area contributed by atoms with Crippen LogP contribution < -0.4 is 5.32 Å². The Kier molecular flexibility index (Phi) is 3.43. The zero-order chi connectivity index (χ0) is 10.6. The second kappa shape index (κ2) is 4.58. The topological polar surface area (TPSA) is 19.6 Å². The first kappa shape index (κ1) is 10.5. The average Bonchev–Trinajstić information content (AvgIpc) is 2.19. The Morgan fingerprint density at radius 3 is 2.36 bits per heavy atom. The zero-order valence-electron chi connectivity index (χ0n) is 8.11. The molecule has 0 radical (unpaired) electrons. The molecular formula is C10H11N3S. The Balaban J connectivity index is 2.70. The fourth-order valence-corrected chi connectivity index (χ4v) is 0.972. The maximum atomic E-state index is 6.79.